The maximum absolute atomic E-state index is 10.8. The lowest BCUT2D eigenvalue weighted by molar-refractivity contribution is -0.121. The van der Waals surface area contributed by atoms with Gasteiger partial charge in [0.25, 0.3) is 0 Å². The molecule has 6 N–H and O–H groups in total. The first-order valence-corrected chi connectivity index (χ1v) is 9.61. The highest BCUT2D eigenvalue weighted by Gasteiger charge is 2.35. The molecule has 0 unspecified atom stereocenters. The Hall–Kier alpha value is 0.620. The monoisotopic (exact) mass is 375 g/mol. The molecule has 0 aromatic carbocycles. The van der Waals surface area contributed by atoms with Gasteiger partial charge in [-0.1, -0.05) is 29.0 Å². The molecule has 1 aliphatic rings. The fourth-order valence-electron chi connectivity index (χ4n) is 0.811. The minimum atomic E-state index is -0.827. The number of Topliss-reactive ketones (excluding diaryl/α,β-unsaturated/α-hetero) is 2. The molecule has 0 saturated carbocycles. The summed E-state index contributed by atoms with van der Waals surface area (Å²) in [6.07, 6.45) is 0. The van der Waals surface area contributed by atoms with Gasteiger partial charge >= 0.3 is 0 Å². The summed E-state index contributed by atoms with van der Waals surface area (Å²) < 4.78 is 0. The summed E-state index contributed by atoms with van der Waals surface area (Å²) >= 11 is 7.85. The summed E-state index contributed by atoms with van der Waals surface area (Å²) in [5, 5.41) is 0. The largest absolute Gasteiger partial charge is 0.333 e. The Kier molecular flexibility index (Phi) is 16.5. The fourth-order valence-corrected chi connectivity index (χ4v) is 4.75. The first-order chi connectivity index (χ1) is 9.22. The first-order valence-electron chi connectivity index (χ1n) is 5.85. The molecule has 21 heavy (non-hydrogen) atoms. The van der Waals surface area contributed by atoms with Crippen molar-refractivity contribution in [2.75, 3.05) is 30.1 Å². The second kappa shape index (κ2) is 13.1. The topological polar surface area (TPSA) is 112 Å². The summed E-state index contributed by atoms with van der Waals surface area (Å²) in [5.41, 5.74) is 14.4. The lowest BCUT2D eigenvalue weighted by Crippen LogP contribution is -2.50. The molecule has 128 valence electrons. The molecular weight excluding hydrogens is 346 g/mol. The molecule has 0 aromatic rings. The Morgan fingerprint density at radius 3 is 1.57 bits per heavy atom. The van der Waals surface area contributed by atoms with Crippen molar-refractivity contribution in [1.29, 1.82) is 0 Å². The van der Waals surface area contributed by atoms with Crippen LogP contribution in [-0.4, -0.2) is 52.7 Å². The molecule has 0 aromatic heterocycles. The van der Waals surface area contributed by atoms with Crippen molar-refractivity contribution in [2.45, 2.75) is 32.4 Å². The van der Waals surface area contributed by atoms with E-state index in [9.17, 15) is 9.59 Å². The van der Waals surface area contributed by atoms with Crippen LogP contribution < -0.4 is 17.2 Å². The molecule has 0 atom stereocenters. The van der Waals surface area contributed by atoms with Crippen molar-refractivity contribution < 1.29 is 9.59 Å². The van der Waals surface area contributed by atoms with E-state index in [0.29, 0.717) is 11.5 Å². The van der Waals surface area contributed by atoms with Crippen LogP contribution in [0.2, 0.25) is 0 Å². The van der Waals surface area contributed by atoms with Gasteiger partial charge in [-0.15, -0.1) is 0 Å². The number of thiol groups is 2. The Labute approximate surface area is 147 Å². The minimum absolute atomic E-state index is 0. The standard InChI is InChI=1S/C5H9NOS2.C5H11NOS2.CH5N.CH4/c1-4(7)5(6)2-8-9-3-5;1-4(7)5(6,2-8)3-9;1-2;/h2-3,6H2,1H3;8-9H,2-3,6H2,1H3;2H2,1H3;1H4. The molecule has 0 bridgehead atoms. The number of ketones is 2. The molecule has 0 radical (unpaired) electrons. The van der Waals surface area contributed by atoms with Crippen LogP contribution in [0.5, 0.6) is 0 Å². The summed E-state index contributed by atoms with van der Waals surface area (Å²) in [7, 11) is 4.86. The van der Waals surface area contributed by atoms with Crippen LogP contribution >= 0.6 is 46.8 Å². The second-order valence-electron chi connectivity index (χ2n) is 4.27. The first kappa shape index (κ1) is 26.5. The van der Waals surface area contributed by atoms with E-state index in [4.69, 9.17) is 11.5 Å². The van der Waals surface area contributed by atoms with E-state index in [1.165, 1.54) is 14.0 Å². The zero-order valence-corrected chi connectivity index (χ0v) is 15.5. The average molecular weight is 376 g/mol. The molecule has 1 fully saturated rings. The highest BCUT2D eigenvalue weighted by molar-refractivity contribution is 8.77. The zero-order valence-electron chi connectivity index (χ0n) is 12.1. The SMILES string of the molecule is C.CC(=O)C(N)(CS)CS.CC(=O)C1(N)CSSC1.CN. The summed E-state index contributed by atoms with van der Waals surface area (Å²) in [6, 6.07) is 0. The van der Waals surface area contributed by atoms with E-state index in [1.807, 2.05) is 0 Å². The number of nitrogens with two attached hydrogens (primary N) is 3. The van der Waals surface area contributed by atoms with Crippen LogP contribution in [0, 0.1) is 0 Å². The fraction of sp³-hybridized carbons (Fsp3) is 0.833. The molecule has 5 nitrogen and oxygen atoms in total. The molecule has 9 heteroatoms. The van der Waals surface area contributed by atoms with Gasteiger partial charge < -0.3 is 17.2 Å². The molecule has 1 saturated heterocycles. The Morgan fingerprint density at radius 2 is 1.48 bits per heavy atom. The van der Waals surface area contributed by atoms with Crippen molar-refractivity contribution >= 4 is 58.4 Å². The van der Waals surface area contributed by atoms with Crippen LogP contribution in [0.4, 0.5) is 0 Å². The molecule has 1 heterocycles. The Morgan fingerprint density at radius 1 is 1.14 bits per heavy atom. The summed E-state index contributed by atoms with van der Waals surface area (Å²) in [4.78, 5) is 21.5. The average Bonchev–Trinajstić information content (AvgIpc) is 2.89. The van der Waals surface area contributed by atoms with E-state index < -0.39 is 11.1 Å². The molecule has 0 amide bonds. The van der Waals surface area contributed by atoms with Crippen LogP contribution in [0.15, 0.2) is 0 Å². The minimum Gasteiger partial charge on any atom is -0.333 e. The van der Waals surface area contributed by atoms with E-state index in [2.05, 4.69) is 31.0 Å². The normalized spacial score (nSPS) is 15.6. The highest BCUT2D eigenvalue weighted by Crippen LogP contribution is 2.36. The quantitative estimate of drug-likeness (QED) is 0.368. The Bertz CT molecular complexity index is 293. The molecule has 1 aliphatic heterocycles. The van der Waals surface area contributed by atoms with Gasteiger partial charge in [0.15, 0.2) is 11.6 Å². The van der Waals surface area contributed by atoms with Crippen LogP contribution in [-0.2, 0) is 9.59 Å². The van der Waals surface area contributed by atoms with E-state index >= 15 is 0 Å². The molecule has 0 aliphatic carbocycles. The van der Waals surface area contributed by atoms with Gasteiger partial charge in [0.2, 0.25) is 0 Å². The smallest absolute Gasteiger partial charge is 0.151 e. The van der Waals surface area contributed by atoms with Crippen molar-refractivity contribution in [3.63, 3.8) is 0 Å². The van der Waals surface area contributed by atoms with Crippen LogP contribution in [0.1, 0.15) is 21.3 Å². The predicted molar refractivity (Wildman–Crippen MR) is 105 cm³/mol. The van der Waals surface area contributed by atoms with Gasteiger partial charge in [0, 0.05) is 23.0 Å². The lowest BCUT2D eigenvalue weighted by atomic mass is 10.0. The molecule has 0 spiro atoms. The van der Waals surface area contributed by atoms with Crippen LogP contribution in [0.25, 0.3) is 0 Å². The maximum atomic E-state index is 10.8. The number of hydrogen-bond acceptors (Lipinski definition) is 9. The third-order valence-corrected chi connectivity index (χ3v) is 6.45. The van der Waals surface area contributed by atoms with Crippen LogP contribution in [0.3, 0.4) is 0 Å². The highest BCUT2D eigenvalue weighted by atomic mass is 33.1. The van der Waals surface area contributed by atoms with Gasteiger partial charge in [-0.25, -0.2) is 0 Å². The third-order valence-electron chi connectivity index (χ3n) is 2.68. The lowest BCUT2D eigenvalue weighted by Gasteiger charge is -2.20. The van der Waals surface area contributed by atoms with Crippen molar-refractivity contribution in [2.24, 2.45) is 17.2 Å². The molecule has 1 rings (SSSR count). The van der Waals surface area contributed by atoms with Gasteiger partial charge in [-0.05, 0) is 20.9 Å². The number of rotatable bonds is 4. The van der Waals surface area contributed by atoms with Gasteiger partial charge in [0.05, 0.1) is 11.1 Å². The van der Waals surface area contributed by atoms with E-state index in [-0.39, 0.29) is 19.0 Å². The third kappa shape index (κ3) is 9.37. The Balaban J connectivity index is -0.000000264. The second-order valence-corrected chi connectivity index (χ2v) is 7.36. The van der Waals surface area contributed by atoms with Gasteiger partial charge in [-0.2, -0.15) is 25.3 Å². The summed E-state index contributed by atoms with van der Waals surface area (Å²) in [6.45, 7) is 3.01. The maximum Gasteiger partial charge on any atom is 0.151 e. The number of carbonyl (C=O) groups is 2. The van der Waals surface area contributed by atoms with Gasteiger partial charge in [0.1, 0.15) is 0 Å². The van der Waals surface area contributed by atoms with Gasteiger partial charge in [-0.3, -0.25) is 9.59 Å². The number of carbonyl (C=O) groups excluding carboxylic acids is 2. The summed E-state index contributed by atoms with van der Waals surface area (Å²) in [5.74, 6) is 2.30. The van der Waals surface area contributed by atoms with Crippen molar-refractivity contribution in [1.82, 2.24) is 0 Å². The zero-order chi connectivity index (χ0) is 16.4. The number of hydrogen-bond donors (Lipinski definition) is 5. The van der Waals surface area contributed by atoms with E-state index in [1.54, 1.807) is 28.5 Å². The van der Waals surface area contributed by atoms with Crippen molar-refractivity contribution in [3.05, 3.63) is 0 Å². The predicted octanol–water partition coefficient (Wildman–Crippen LogP) is 1.01. The van der Waals surface area contributed by atoms with Crippen molar-refractivity contribution in [3.8, 4) is 0 Å². The van der Waals surface area contributed by atoms with E-state index in [0.717, 1.165) is 11.5 Å². The molecular formula is C12H29N3O2S4.